The number of carbonyl (C=O) groups excluding carboxylic acids is 2. The Morgan fingerprint density at radius 2 is 1.24 bits per heavy atom. The Balaban J connectivity index is 0.0000130. The van der Waals surface area contributed by atoms with Gasteiger partial charge in [0.1, 0.15) is 10.1 Å². The van der Waals surface area contributed by atoms with Gasteiger partial charge in [-0.1, -0.05) is 69.9 Å². The minimum atomic E-state index is -5.00. The summed E-state index contributed by atoms with van der Waals surface area (Å²) < 4.78 is 45.8. The van der Waals surface area contributed by atoms with Crippen LogP contribution in [0, 0.1) is 0 Å². The summed E-state index contributed by atoms with van der Waals surface area (Å²) in [6.45, 7) is 4.38. The zero-order chi connectivity index (χ0) is 26.7. The third-order valence-corrected chi connectivity index (χ3v) is 6.40. The predicted molar refractivity (Wildman–Crippen MR) is 140 cm³/mol. The average Bonchev–Trinajstić information content (AvgIpc) is 2.85. The molecule has 0 radical (unpaired) electrons. The Morgan fingerprint density at radius 1 is 0.757 bits per heavy atom. The molecular formula is C28H41KO7S. The van der Waals surface area contributed by atoms with Crippen LogP contribution in [-0.2, 0) is 19.6 Å². The molecule has 202 valence electrons. The molecule has 9 heteroatoms. The van der Waals surface area contributed by atoms with Crippen LogP contribution in [0.4, 0.5) is 0 Å². The van der Waals surface area contributed by atoms with Gasteiger partial charge in [0.15, 0.2) is 0 Å². The van der Waals surface area contributed by atoms with Gasteiger partial charge >= 0.3 is 63.3 Å². The summed E-state index contributed by atoms with van der Waals surface area (Å²) in [4.78, 5) is 24.6. The number of allylic oxidation sites excluding steroid dienone is 4. The average molecular weight is 561 g/mol. The summed E-state index contributed by atoms with van der Waals surface area (Å²) >= 11 is 0. The zero-order valence-corrected chi connectivity index (χ0v) is 26.6. The second-order valence-corrected chi connectivity index (χ2v) is 9.92. The van der Waals surface area contributed by atoms with Crippen LogP contribution in [0.5, 0.6) is 0 Å². The zero-order valence-electron chi connectivity index (χ0n) is 22.7. The Hall–Kier alpha value is -0.814. The number of benzene rings is 1. The fraction of sp³-hybridized carbons (Fsp3) is 0.571. The van der Waals surface area contributed by atoms with E-state index in [0.29, 0.717) is 12.8 Å². The van der Waals surface area contributed by atoms with Gasteiger partial charge in [0.25, 0.3) is 0 Å². The maximum absolute atomic E-state index is 12.7. The molecular weight excluding hydrogens is 519 g/mol. The second kappa shape index (κ2) is 22.0. The van der Waals surface area contributed by atoms with E-state index in [2.05, 4.69) is 38.2 Å². The third kappa shape index (κ3) is 16.0. The van der Waals surface area contributed by atoms with E-state index in [1.807, 2.05) is 0 Å². The van der Waals surface area contributed by atoms with Crippen molar-refractivity contribution in [1.82, 2.24) is 0 Å². The van der Waals surface area contributed by atoms with Crippen LogP contribution in [0.1, 0.15) is 112 Å². The van der Waals surface area contributed by atoms with Gasteiger partial charge in [-0.05, 0) is 63.5 Å². The molecule has 0 bridgehead atoms. The number of unbranched alkanes of at least 4 members (excludes halogenated alkanes) is 8. The number of hydrogen-bond acceptors (Lipinski definition) is 7. The molecule has 0 aliphatic rings. The fourth-order valence-corrected chi connectivity index (χ4v) is 4.29. The summed E-state index contributed by atoms with van der Waals surface area (Å²) in [7, 11) is -5.00. The van der Waals surface area contributed by atoms with Crippen molar-refractivity contribution in [3.05, 3.63) is 53.6 Å². The maximum atomic E-state index is 12.7. The third-order valence-electron chi connectivity index (χ3n) is 5.52. The molecule has 0 saturated carbocycles. The standard InChI is InChI=1S/C28H42O7S.K/c1-3-5-7-9-11-13-15-17-22-34-27(29)24-20-19-21-25(36(31,32)33)26(24)28(30)35-23-18-16-14-12-10-8-6-4-2;/h5-8,19-21H,3-4,9-18,22-23H2,1-2H3,(H,31,32,33);/q;+1/p-1/b7-5+,8-6+;. The minimum Gasteiger partial charge on any atom is -0.744 e. The van der Waals surface area contributed by atoms with Crippen LogP contribution in [-0.4, -0.2) is 38.1 Å². The Morgan fingerprint density at radius 3 is 1.73 bits per heavy atom. The van der Waals surface area contributed by atoms with Crippen LogP contribution in [0.3, 0.4) is 0 Å². The van der Waals surface area contributed by atoms with E-state index >= 15 is 0 Å². The van der Waals surface area contributed by atoms with Crippen molar-refractivity contribution in [2.45, 2.75) is 95.8 Å². The van der Waals surface area contributed by atoms with E-state index in [0.717, 1.165) is 70.3 Å². The van der Waals surface area contributed by atoms with Crippen LogP contribution in [0.15, 0.2) is 47.4 Å². The monoisotopic (exact) mass is 560 g/mol. The van der Waals surface area contributed by atoms with Crippen molar-refractivity contribution in [3.8, 4) is 0 Å². The number of carbonyl (C=O) groups is 2. The van der Waals surface area contributed by atoms with Crippen LogP contribution in [0.25, 0.3) is 0 Å². The van der Waals surface area contributed by atoms with Crippen LogP contribution in [0.2, 0.25) is 0 Å². The number of esters is 2. The molecule has 0 fully saturated rings. The first-order valence-corrected chi connectivity index (χ1v) is 14.5. The summed E-state index contributed by atoms with van der Waals surface area (Å²) in [5, 5.41) is 0. The summed E-state index contributed by atoms with van der Waals surface area (Å²) in [5.41, 5.74) is -0.825. The van der Waals surface area contributed by atoms with Crippen LogP contribution >= 0.6 is 0 Å². The molecule has 1 aromatic rings. The molecule has 7 nitrogen and oxygen atoms in total. The Labute approximate surface area is 265 Å². The first kappa shape index (κ1) is 36.2. The molecule has 0 aliphatic carbocycles. The van der Waals surface area contributed by atoms with Gasteiger partial charge in [0.2, 0.25) is 0 Å². The molecule has 0 saturated heterocycles. The van der Waals surface area contributed by atoms with E-state index in [1.165, 1.54) is 12.1 Å². The molecule has 0 N–H and O–H groups in total. The number of rotatable bonds is 19. The van der Waals surface area contributed by atoms with E-state index in [4.69, 9.17) is 9.47 Å². The van der Waals surface area contributed by atoms with E-state index in [9.17, 15) is 22.6 Å². The van der Waals surface area contributed by atoms with Crippen molar-refractivity contribution in [1.29, 1.82) is 0 Å². The predicted octanol–water partition coefficient (Wildman–Crippen LogP) is 3.74. The van der Waals surface area contributed by atoms with Gasteiger partial charge in [-0.15, -0.1) is 0 Å². The molecule has 1 rings (SSSR count). The number of hydrogen-bond donors (Lipinski definition) is 0. The molecule has 0 atom stereocenters. The largest absolute Gasteiger partial charge is 1.00 e. The van der Waals surface area contributed by atoms with E-state index < -0.39 is 32.5 Å². The summed E-state index contributed by atoms with van der Waals surface area (Å²) in [6.07, 6.45) is 19.7. The first-order chi connectivity index (χ1) is 17.3. The molecule has 0 spiro atoms. The van der Waals surface area contributed by atoms with Gasteiger partial charge in [-0.3, -0.25) is 0 Å². The van der Waals surface area contributed by atoms with Gasteiger partial charge in [0.05, 0.1) is 29.2 Å². The van der Waals surface area contributed by atoms with Crippen molar-refractivity contribution in [2.75, 3.05) is 13.2 Å². The smallest absolute Gasteiger partial charge is 0.744 e. The number of ether oxygens (including phenoxy) is 2. The first-order valence-electron chi connectivity index (χ1n) is 13.1. The summed E-state index contributed by atoms with van der Waals surface area (Å²) in [6, 6.07) is 3.53. The van der Waals surface area contributed by atoms with Gasteiger partial charge in [-0.25, -0.2) is 18.0 Å². The normalized spacial score (nSPS) is 11.5. The molecule has 0 heterocycles. The van der Waals surface area contributed by atoms with Gasteiger partial charge in [0, 0.05) is 0 Å². The van der Waals surface area contributed by atoms with E-state index in [1.54, 1.807) is 0 Å². The maximum Gasteiger partial charge on any atom is 1.00 e. The van der Waals surface area contributed by atoms with Gasteiger partial charge in [-0.2, -0.15) is 0 Å². The van der Waals surface area contributed by atoms with E-state index in [-0.39, 0.29) is 70.2 Å². The van der Waals surface area contributed by atoms with Crippen molar-refractivity contribution >= 4 is 22.1 Å². The minimum absolute atomic E-state index is 0. The van der Waals surface area contributed by atoms with Crippen molar-refractivity contribution < 1.29 is 83.4 Å². The topological polar surface area (TPSA) is 110 Å². The molecule has 0 aliphatic heterocycles. The Kier molecular flexibility index (Phi) is 21.6. The van der Waals surface area contributed by atoms with Crippen LogP contribution < -0.4 is 51.4 Å². The second-order valence-electron chi connectivity index (χ2n) is 8.57. The Bertz CT molecular complexity index is 955. The van der Waals surface area contributed by atoms with Gasteiger partial charge < -0.3 is 14.0 Å². The molecule has 0 amide bonds. The SMILES string of the molecule is CC/C=C/CCCCCCOC(=O)c1cccc(S(=O)(=O)[O-])c1C(=O)OCCCCCC/C=C/CC.[K+]. The molecule has 0 unspecified atom stereocenters. The quantitative estimate of drug-likeness (QED) is 0.0833. The molecule has 0 aromatic heterocycles. The summed E-state index contributed by atoms with van der Waals surface area (Å²) in [5.74, 6) is -1.86. The van der Waals surface area contributed by atoms with Crippen molar-refractivity contribution in [3.63, 3.8) is 0 Å². The molecule has 1 aromatic carbocycles. The molecule has 37 heavy (non-hydrogen) atoms. The van der Waals surface area contributed by atoms with Crippen molar-refractivity contribution in [2.24, 2.45) is 0 Å². The fourth-order valence-electron chi connectivity index (χ4n) is 3.60.